The third kappa shape index (κ3) is 2.81. The first kappa shape index (κ1) is 13.4. The molecule has 1 aliphatic carbocycles. The number of carboxylic acid groups (broad SMARTS) is 1. The Kier molecular flexibility index (Phi) is 3.48. The molecule has 5 heteroatoms. The minimum atomic E-state index is -0.964. The third-order valence-corrected chi connectivity index (χ3v) is 3.75. The van der Waals surface area contributed by atoms with Crippen LogP contribution in [0, 0.1) is 0 Å². The molecule has 0 aliphatic heterocycles. The Balaban J connectivity index is 1.68. The van der Waals surface area contributed by atoms with Crippen LogP contribution in [0.15, 0.2) is 42.6 Å². The van der Waals surface area contributed by atoms with Crippen molar-refractivity contribution in [2.45, 2.75) is 25.4 Å². The Bertz CT molecular complexity index is 665. The summed E-state index contributed by atoms with van der Waals surface area (Å²) in [4.78, 5) is 23.1. The average molecular weight is 284 g/mol. The molecular weight excluding hydrogens is 268 g/mol. The summed E-state index contributed by atoms with van der Waals surface area (Å²) < 4.78 is 1.44. The zero-order valence-electron chi connectivity index (χ0n) is 11.5. The minimum Gasteiger partial charge on any atom is -0.480 e. The summed E-state index contributed by atoms with van der Waals surface area (Å²) in [5, 5.41) is 11.8. The number of rotatable bonds is 4. The van der Waals surface area contributed by atoms with Crippen LogP contribution < -0.4 is 5.32 Å². The lowest BCUT2D eigenvalue weighted by Crippen LogP contribution is -2.36. The summed E-state index contributed by atoms with van der Waals surface area (Å²) in [6.07, 6.45) is 3.25. The van der Waals surface area contributed by atoms with E-state index in [2.05, 4.69) is 17.4 Å². The molecule has 0 saturated heterocycles. The molecule has 0 radical (unpaired) electrons. The highest BCUT2D eigenvalue weighted by Gasteiger charge is 2.23. The molecular formula is C16H16N2O3. The van der Waals surface area contributed by atoms with Gasteiger partial charge in [-0.2, -0.15) is 0 Å². The van der Waals surface area contributed by atoms with Crippen LogP contribution in [0.1, 0.15) is 21.6 Å². The van der Waals surface area contributed by atoms with E-state index in [1.165, 1.54) is 15.7 Å². The van der Waals surface area contributed by atoms with Gasteiger partial charge < -0.3 is 15.0 Å². The summed E-state index contributed by atoms with van der Waals surface area (Å²) in [6, 6.07) is 11.6. The first-order valence-corrected chi connectivity index (χ1v) is 6.88. The van der Waals surface area contributed by atoms with E-state index < -0.39 is 5.97 Å². The Morgan fingerprint density at radius 3 is 2.43 bits per heavy atom. The van der Waals surface area contributed by atoms with Gasteiger partial charge in [0.2, 0.25) is 0 Å². The molecule has 108 valence electrons. The first-order chi connectivity index (χ1) is 10.1. The monoisotopic (exact) mass is 284 g/mol. The Morgan fingerprint density at radius 2 is 1.81 bits per heavy atom. The first-order valence-electron chi connectivity index (χ1n) is 6.88. The molecule has 0 unspecified atom stereocenters. The van der Waals surface area contributed by atoms with Crippen LogP contribution in [-0.2, 0) is 24.2 Å². The van der Waals surface area contributed by atoms with Crippen molar-refractivity contribution < 1.29 is 14.7 Å². The number of nitrogens with zero attached hydrogens (tertiary/aromatic N) is 1. The van der Waals surface area contributed by atoms with Gasteiger partial charge in [-0.15, -0.1) is 0 Å². The van der Waals surface area contributed by atoms with Gasteiger partial charge >= 0.3 is 5.97 Å². The van der Waals surface area contributed by atoms with E-state index in [0.717, 1.165) is 12.8 Å². The van der Waals surface area contributed by atoms with Crippen molar-refractivity contribution in [2.24, 2.45) is 0 Å². The van der Waals surface area contributed by atoms with Crippen molar-refractivity contribution in [3.05, 3.63) is 59.4 Å². The number of aliphatic carboxylic acids is 1. The molecule has 0 bridgehead atoms. The van der Waals surface area contributed by atoms with E-state index >= 15 is 0 Å². The van der Waals surface area contributed by atoms with Crippen molar-refractivity contribution in [2.75, 3.05) is 0 Å². The Labute approximate surface area is 122 Å². The van der Waals surface area contributed by atoms with Gasteiger partial charge in [-0.05, 0) is 36.1 Å². The van der Waals surface area contributed by atoms with Gasteiger partial charge in [-0.3, -0.25) is 9.59 Å². The van der Waals surface area contributed by atoms with Gasteiger partial charge in [0, 0.05) is 12.2 Å². The molecule has 1 aromatic heterocycles. The molecule has 21 heavy (non-hydrogen) atoms. The van der Waals surface area contributed by atoms with Gasteiger partial charge in [0.15, 0.2) is 0 Å². The van der Waals surface area contributed by atoms with Gasteiger partial charge in [-0.25, -0.2) is 0 Å². The van der Waals surface area contributed by atoms with Crippen molar-refractivity contribution in [1.82, 2.24) is 9.88 Å². The summed E-state index contributed by atoms with van der Waals surface area (Å²) in [6.45, 7) is -0.208. The van der Waals surface area contributed by atoms with Crippen molar-refractivity contribution in [3.63, 3.8) is 0 Å². The molecule has 0 spiro atoms. The molecule has 1 amide bonds. The lowest BCUT2D eigenvalue weighted by Gasteiger charge is -2.13. The van der Waals surface area contributed by atoms with Crippen LogP contribution in [-0.4, -0.2) is 27.6 Å². The van der Waals surface area contributed by atoms with Gasteiger partial charge in [0.05, 0.1) is 0 Å². The molecule has 1 heterocycles. The molecule has 0 saturated carbocycles. The van der Waals surface area contributed by atoms with E-state index in [1.807, 2.05) is 12.1 Å². The fourth-order valence-corrected chi connectivity index (χ4v) is 2.82. The van der Waals surface area contributed by atoms with Gasteiger partial charge in [0.25, 0.3) is 5.91 Å². The zero-order chi connectivity index (χ0) is 14.8. The lowest BCUT2D eigenvalue weighted by atomic mass is 10.1. The number of amides is 1. The smallest absolute Gasteiger partial charge is 0.323 e. The van der Waals surface area contributed by atoms with Crippen molar-refractivity contribution >= 4 is 11.9 Å². The summed E-state index contributed by atoms with van der Waals surface area (Å²) in [5.74, 6) is -1.19. The highest BCUT2D eigenvalue weighted by Crippen LogP contribution is 2.21. The molecule has 5 nitrogen and oxygen atoms in total. The number of carboxylic acids is 1. The molecule has 3 rings (SSSR count). The average Bonchev–Trinajstić information content (AvgIpc) is 3.03. The van der Waals surface area contributed by atoms with E-state index in [-0.39, 0.29) is 18.5 Å². The highest BCUT2D eigenvalue weighted by molar-refractivity contribution is 5.93. The highest BCUT2D eigenvalue weighted by atomic mass is 16.4. The molecule has 2 aromatic rings. The maximum absolute atomic E-state index is 12.3. The van der Waals surface area contributed by atoms with Crippen LogP contribution >= 0.6 is 0 Å². The summed E-state index contributed by atoms with van der Waals surface area (Å²) in [7, 11) is 0. The molecule has 0 fully saturated rings. The number of benzene rings is 1. The quantitative estimate of drug-likeness (QED) is 0.893. The number of carbonyl (C=O) groups is 2. The molecule has 1 aliphatic rings. The second-order valence-electron chi connectivity index (χ2n) is 5.26. The van der Waals surface area contributed by atoms with E-state index in [9.17, 15) is 9.59 Å². The zero-order valence-corrected chi connectivity index (χ0v) is 11.5. The van der Waals surface area contributed by atoms with Crippen molar-refractivity contribution in [3.8, 4) is 0 Å². The number of carbonyl (C=O) groups excluding carboxylic acids is 1. The van der Waals surface area contributed by atoms with Gasteiger partial charge in [0.1, 0.15) is 12.2 Å². The van der Waals surface area contributed by atoms with Crippen LogP contribution in [0.4, 0.5) is 0 Å². The lowest BCUT2D eigenvalue weighted by molar-refractivity contribution is -0.137. The predicted octanol–water partition coefficient (Wildman–Crippen LogP) is 1.47. The Hall–Kier alpha value is -2.56. The minimum absolute atomic E-state index is 0.0723. The standard InChI is InChI=1S/C16H16N2O3/c19-15(20)10-18-7-3-6-14(18)16(21)17-13-8-11-4-1-2-5-12(11)9-13/h1-7,13H,8-10H2,(H,17,21)(H,19,20). The van der Waals surface area contributed by atoms with Crippen LogP contribution in [0.3, 0.4) is 0 Å². The number of aromatic nitrogens is 1. The normalized spacial score (nSPS) is 13.9. The third-order valence-electron chi connectivity index (χ3n) is 3.75. The maximum Gasteiger partial charge on any atom is 0.323 e. The molecule has 2 N–H and O–H groups in total. The molecule has 0 atom stereocenters. The summed E-state index contributed by atoms with van der Waals surface area (Å²) in [5.41, 5.74) is 2.92. The number of hydrogen-bond donors (Lipinski definition) is 2. The van der Waals surface area contributed by atoms with Crippen molar-refractivity contribution in [1.29, 1.82) is 0 Å². The summed E-state index contributed by atoms with van der Waals surface area (Å²) >= 11 is 0. The fourth-order valence-electron chi connectivity index (χ4n) is 2.82. The Morgan fingerprint density at radius 1 is 1.14 bits per heavy atom. The number of nitrogens with one attached hydrogen (secondary N) is 1. The number of fused-ring (bicyclic) bond motifs is 1. The van der Waals surface area contributed by atoms with Crippen LogP contribution in [0.25, 0.3) is 0 Å². The van der Waals surface area contributed by atoms with Crippen LogP contribution in [0.2, 0.25) is 0 Å². The SMILES string of the molecule is O=C(O)Cn1cccc1C(=O)NC1Cc2ccccc2C1. The second kappa shape index (κ2) is 5.44. The van der Waals surface area contributed by atoms with E-state index in [4.69, 9.17) is 5.11 Å². The molecule has 1 aromatic carbocycles. The second-order valence-corrected chi connectivity index (χ2v) is 5.26. The largest absolute Gasteiger partial charge is 0.480 e. The number of hydrogen-bond acceptors (Lipinski definition) is 2. The van der Waals surface area contributed by atoms with E-state index in [0.29, 0.717) is 5.69 Å². The predicted molar refractivity (Wildman–Crippen MR) is 77.2 cm³/mol. The fraction of sp³-hybridized carbons (Fsp3) is 0.250. The van der Waals surface area contributed by atoms with E-state index in [1.54, 1.807) is 18.3 Å². The maximum atomic E-state index is 12.3. The van der Waals surface area contributed by atoms with Gasteiger partial charge in [-0.1, -0.05) is 24.3 Å². The van der Waals surface area contributed by atoms with Crippen LogP contribution in [0.5, 0.6) is 0 Å². The topological polar surface area (TPSA) is 71.3 Å².